The molecule has 0 spiro atoms. The molecule has 0 aliphatic carbocycles. The Hall–Kier alpha value is -2.05. The normalized spacial score (nSPS) is 12.0. The number of benzene rings is 1. The summed E-state index contributed by atoms with van der Waals surface area (Å²) in [7, 11) is 0. The lowest BCUT2D eigenvalue weighted by molar-refractivity contribution is -0.137. The van der Waals surface area contributed by atoms with Crippen molar-refractivity contribution in [2.24, 2.45) is 0 Å². The summed E-state index contributed by atoms with van der Waals surface area (Å²) in [6, 6.07) is 10.8. The molecule has 1 N–H and O–H groups in total. The van der Waals surface area contributed by atoms with Crippen molar-refractivity contribution in [2.75, 3.05) is 0 Å². The zero-order valence-corrected chi connectivity index (χ0v) is 12.7. The minimum Gasteiger partial charge on any atom is -0.307 e. The van der Waals surface area contributed by atoms with E-state index in [1.807, 2.05) is 28.8 Å². The van der Waals surface area contributed by atoms with E-state index in [2.05, 4.69) is 10.3 Å². The van der Waals surface area contributed by atoms with Crippen LogP contribution in [0.4, 0.5) is 13.2 Å². The first kappa shape index (κ1) is 15.8. The molecule has 0 saturated heterocycles. The third-order valence-corrected chi connectivity index (χ3v) is 3.76. The average molecular weight is 340 g/mol. The zero-order chi connectivity index (χ0) is 16.4. The van der Waals surface area contributed by atoms with Gasteiger partial charge in [0.25, 0.3) is 0 Å². The van der Waals surface area contributed by atoms with Crippen LogP contribution in [0.2, 0.25) is 5.15 Å². The maximum atomic E-state index is 12.7. The van der Waals surface area contributed by atoms with Gasteiger partial charge in [0.05, 0.1) is 11.3 Å². The number of nitrogens with zero attached hydrogens (tertiary/aromatic N) is 2. The van der Waals surface area contributed by atoms with Gasteiger partial charge in [-0.15, -0.1) is 0 Å². The second kappa shape index (κ2) is 6.22. The Balaban J connectivity index is 1.71. The Morgan fingerprint density at radius 1 is 1.09 bits per heavy atom. The van der Waals surface area contributed by atoms with E-state index >= 15 is 0 Å². The molecule has 0 bridgehead atoms. The number of aromatic nitrogens is 2. The van der Waals surface area contributed by atoms with Crippen LogP contribution < -0.4 is 5.32 Å². The van der Waals surface area contributed by atoms with Gasteiger partial charge in [0, 0.05) is 19.3 Å². The van der Waals surface area contributed by atoms with Crippen LogP contribution in [0.3, 0.4) is 0 Å². The number of fused-ring (bicyclic) bond motifs is 1. The van der Waals surface area contributed by atoms with Crippen LogP contribution in [0.15, 0.2) is 48.7 Å². The molecular weight excluding hydrogens is 327 g/mol. The molecule has 2 aromatic heterocycles. The molecule has 0 aliphatic heterocycles. The molecule has 0 unspecified atom stereocenters. The Morgan fingerprint density at radius 3 is 2.70 bits per heavy atom. The number of pyridine rings is 1. The molecule has 0 radical (unpaired) electrons. The van der Waals surface area contributed by atoms with Crippen LogP contribution in [0.1, 0.15) is 16.8 Å². The Morgan fingerprint density at radius 2 is 1.91 bits per heavy atom. The quantitative estimate of drug-likeness (QED) is 0.768. The summed E-state index contributed by atoms with van der Waals surface area (Å²) in [4.78, 5) is 4.22. The molecule has 7 heteroatoms. The minimum absolute atomic E-state index is 0.306. The van der Waals surface area contributed by atoms with E-state index in [9.17, 15) is 13.2 Å². The summed E-state index contributed by atoms with van der Waals surface area (Å²) in [5.41, 5.74) is 1.41. The van der Waals surface area contributed by atoms with Gasteiger partial charge in [0.15, 0.2) is 5.15 Å². The topological polar surface area (TPSA) is 29.3 Å². The zero-order valence-electron chi connectivity index (χ0n) is 11.9. The molecule has 120 valence electrons. The largest absolute Gasteiger partial charge is 0.416 e. The van der Waals surface area contributed by atoms with Gasteiger partial charge in [-0.05, 0) is 23.8 Å². The van der Waals surface area contributed by atoms with Crippen LogP contribution >= 0.6 is 11.6 Å². The summed E-state index contributed by atoms with van der Waals surface area (Å²) in [5, 5.41) is 3.49. The Labute approximate surface area is 135 Å². The van der Waals surface area contributed by atoms with Crippen LogP contribution in [-0.4, -0.2) is 9.38 Å². The molecule has 2 heterocycles. The lowest BCUT2D eigenvalue weighted by Crippen LogP contribution is -2.15. The van der Waals surface area contributed by atoms with Gasteiger partial charge < -0.3 is 9.72 Å². The van der Waals surface area contributed by atoms with Crippen molar-refractivity contribution in [3.8, 4) is 0 Å². The van der Waals surface area contributed by atoms with Crippen molar-refractivity contribution in [3.05, 3.63) is 70.6 Å². The van der Waals surface area contributed by atoms with Crippen LogP contribution in [0.5, 0.6) is 0 Å². The number of rotatable bonds is 4. The summed E-state index contributed by atoms with van der Waals surface area (Å²) in [6.45, 7) is 0.709. The van der Waals surface area contributed by atoms with Gasteiger partial charge in [-0.3, -0.25) is 0 Å². The molecule has 0 saturated carbocycles. The van der Waals surface area contributed by atoms with Gasteiger partial charge in [-0.25, -0.2) is 4.98 Å². The molecule has 0 aliphatic rings. The standard InChI is InChI=1S/C16H13ClF3N3/c17-15-13(23-7-2-1-6-14(23)22-15)10-21-9-11-4-3-5-12(8-11)16(18,19)20/h1-8,21H,9-10H2. The predicted molar refractivity (Wildman–Crippen MR) is 82.2 cm³/mol. The van der Waals surface area contributed by atoms with E-state index in [0.29, 0.717) is 23.8 Å². The molecule has 0 atom stereocenters. The minimum atomic E-state index is -4.33. The second-order valence-electron chi connectivity index (χ2n) is 5.08. The first-order valence-electron chi connectivity index (χ1n) is 6.93. The highest BCUT2D eigenvalue weighted by molar-refractivity contribution is 6.30. The lowest BCUT2D eigenvalue weighted by Gasteiger charge is -2.09. The van der Waals surface area contributed by atoms with Gasteiger partial charge in [-0.1, -0.05) is 35.9 Å². The van der Waals surface area contributed by atoms with E-state index in [-0.39, 0.29) is 0 Å². The fourth-order valence-electron chi connectivity index (χ4n) is 2.36. The van der Waals surface area contributed by atoms with Crippen molar-refractivity contribution >= 4 is 17.2 Å². The van der Waals surface area contributed by atoms with Crippen molar-refractivity contribution < 1.29 is 13.2 Å². The highest BCUT2D eigenvalue weighted by atomic mass is 35.5. The van der Waals surface area contributed by atoms with Gasteiger partial charge in [0.1, 0.15) is 5.65 Å². The average Bonchev–Trinajstić information content (AvgIpc) is 2.83. The summed E-state index contributed by atoms with van der Waals surface area (Å²) in [5.74, 6) is 0. The lowest BCUT2D eigenvalue weighted by atomic mass is 10.1. The van der Waals surface area contributed by atoms with E-state index in [1.54, 1.807) is 6.07 Å². The molecule has 3 nitrogen and oxygen atoms in total. The van der Waals surface area contributed by atoms with Gasteiger partial charge >= 0.3 is 6.18 Å². The number of halogens is 4. The first-order chi connectivity index (χ1) is 10.9. The maximum Gasteiger partial charge on any atom is 0.416 e. The third-order valence-electron chi connectivity index (χ3n) is 3.46. The number of hydrogen-bond acceptors (Lipinski definition) is 2. The Bertz CT molecular complexity index is 827. The molecule has 0 fully saturated rings. The predicted octanol–water partition coefficient (Wildman–Crippen LogP) is 4.30. The number of imidazole rings is 1. The molecule has 0 amide bonds. The SMILES string of the molecule is FC(F)(F)c1cccc(CNCc2c(Cl)nc3ccccn23)c1. The fraction of sp³-hybridized carbons (Fsp3) is 0.188. The fourth-order valence-corrected chi connectivity index (χ4v) is 2.60. The Kier molecular flexibility index (Phi) is 4.28. The molecule has 23 heavy (non-hydrogen) atoms. The van der Waals surface area contributed by atoms with Gasteiger partial charge in [0.2, 0.25) is 0 Å². The molecule has 3 aromatic rings. The van der Waals surface area contributed by atoms with E-state index in [4.69, 9.17) is 11.6 Å². The van der Waals surface area contributed by atoms with Crippen molar-refractivity contribution in [1.82, 2.24) is 14.7 Å². The monoisotopic (exact) mass is 339 g/mol. The van der Waals surface area contributed by atoms with Gasteiger partial charge in [-0.2, -0.15) is 13.2 Å². The highest BCUT2D eigenvalue weighted by Gasteiger charge is 2.30. The number of hydrogen-bond donors (Lipinski definition) is 1. The highest BCUT2D eigenvalue weighted by Crippen LogP contribution is 2.29. The summed E-state index contributed by atoms with van der Waals surface area (Å²) >= 11 is 6.11. The van der Waals surface area contributed by atoms with Crippen molar-refractivity contribution in [3.63, 3.8) is 0 Å². The number of alkyl halides is 3. The third kappa shape index (κ3) is 3.48. The van der Waals surface area contributed by atoms with E-state index in [0.717, 1.165) is 23.5 Å². The molecule has 1 aromatic carbocycles. The first-order valence-corrected chi connectivity index (χ1v) is 7.31. The summed E-state index contributed by atoms with van der Waals surface area (Å²) < 4.78 is 39.9. The molecular formula is C16H13ClF3N3. The molecule has 3 rings (SSSR count). The second-order valence-corrected chi connectivity index (χ2v) is 5.44. The summed E-state index contributed by atoms with van der Waals surface area (Å²) in [6.07, 6.45) is -2.49. The van der Waals surface area contributed by atoms with Crippen LogP contribution in [-0.2, 0) is 19.3 Å². The van der Waals surface area contributed by atoms with Crippen LogP contribution in [0, 0.1) is 0 Å². The number of nitrogens with one attached hydrogen (secondary N) is 1. The van der Waals surface area contributed by atoms with E-state index in [1.165, 1.54) is 6.07 Å². The van der Waals surface area contributed by atoms with E-state index < -0.39 is 11.7 Å². The van der Waals surface area contributed by atoms with Crippen molar-refractivity contribution in [1.29, 1.82) is 0 Å². The van der Waals surface area contributed by atoms with Crippen LogP contribution in [0.25, 0.3) is 5.65 Å². The smallest absolute Gasteiger partial charge is 0.307 e. The van der Waals surface area contributed by atoms with Crippen molar-refractivity contribution in [2.45, 2.75) is 19.3 Å². The maximum absolute atomic E-state index is 12.7.